The third-order valence-corrected chi connectivity index (χ3v) is 5.08. The standard InChI is InChI=1S/C22H22N4/c23-15-18-5-7-19(8-6-18)16-25-11-13-26(14-12-25)17-22-21-4-2-1-3-20(21)9-10-24-22/h1-10H,11-14,16-17H2. The molecule has 0 bridgehead atoms. The van der Waals surface area contributed by atoms with Gasteiger partial charge in [0, 0.05) is 50.9 Å². The van der Waals surface area contributed by atoms with E-state index >= 15 is 0 Å². The van der Waals surface area contributed by atoms with Crippen molar-refractivity contribution >= 4 is 10.8 Å². The molecule has 0 atom stereocenters. The molecule has 1 saturated heterocycles. The molecule has 4 nitrogen and oxygen atoms in total. The fraction of sp³-hybridized carbons (Fsp3) is 0.273. The highest BCUT2D eigenvalue weighted by molar-refractivity contribution is 5.84. The van der Waals surface area contributed by atoms with Gasteiger partial charge in [-0.15, -0.1) is 0 Å². The Morgan fingerprint density at radius 2 is 1.54 bits per heavy atom. The number of rotatable bonds is 4. The molecule has 1 fully saturated rings. The molecule has 1 aliphatic rings. The Bertz CT molecular complexity index is 914. The van der Waals surface area contributed by atoms with Crippen molar-refractivity contribution in [3.05, 3.63) is 77.6 Å². The molecule has 2 aromatic carbocycles. The number of nitrogens with zero attached hydrogens (tertiary/aromatic N) is 4. The number of benzene rings is 2. The molecule has 130 valence electrons. The molecule has 1 aliphatic heterocycles. The molecule has 0 aliphatic carbocycles. The van der Waals surface area contributed by atoms with Crippen LogP contribution in [0, 0.1) is 11.3 Å². The van der Waals surface area contributed by atoms with Crippen molar-refractivity contribution in [2.24, 2.45) is 0 Å². The fourth-order valence-electron chi connectivity index (χ4n) is 3.57. The second kappa shape index (κ2) is 7.65. The zero-order chi connectivity index (χ0) is 17.8. The monoisotopic (exact) mass is 342 g/mol. The summed E-state index contributed by atoms with van der Waals surface area (Å²) in [6, 6.07) is 20.7. The van der Waals surface area contributed by atoms with E-state index in [-0.39, 0.29) is 0 Å². The molecule has 0 unspecified atom stereocenters. The Kier molecular flexibility index (Phi) is 4.92. The van der Waals surface area contributed by atoms with Crippen LogP contribution in [-0.2, 0) is 13.1 Å². The Labute approximate surface area is 154 Å². The van der Waals surface area contributed by atoms with Crippen LogP contribution in [0.15, 0.2) is 60.8 Å². The van der Waals surface area contributed by atoms with Crippen LogP contribution in [0.5, 0.6) is 0 Å². The maximum Gasteiger partial charge on any atom is 0.0991 e. The quantitative estimate of drug-likeness (QED) is 0.729. The number of aromatic nitrogens is 1. The van der Waals surface area contributed by atoms with Gasteiger partial charge in [-0.3, -0.25) is 14.8 Å². The molecule has 1 aromatic heterocycles. The lowest BCUT2D eigenvalue weighted by atomic mass is 10.1. The molecule has 0 amide bonds. The highest BCUT2D eigenvalue weighted by Crippen LogP contribution is 2.19. The second-order valence-electron chi connectivity index (χ2n) is 6.84. The van der Waals surface area contributed by atoms with Crippen molar-refractivity contribution < 1.29 is 0 Å². The van der Waals surface area contributed by atoms with Crippen LogP contribution in [0.25, 0.3) is 10.8 Å². The maximum absolute atomic E-state index is 8.90. The average molecular weight is 342 g/mol. The first-order valence-corrected chi connectivity index (χ1v) is 9.08. The summed E-state index contributed by atoms with van der Waals surface area (Å²) in [6.07, 6.45) is 1.92. The Morgan fingerprint density at radius 3 is 2.27 bits per heavy atom. The van der Waals surface area contributed by atoms with Crippen molar-refractivity contribution in [2.45, 2.75) is 13.1 Å². The van der Waals surface area contributed by atoms with Gasteiger partial charge in [-0.2, -0.15) is 5.26 Å². The molecule has 0 radical (unpaired) electrons. The van der Waals surface area contributed by atoms with E-state index in [2.05, 4.69) is 63.3 Å². The minimum absolute atomic E-state index is 0.723. The molecule has 4 rings (SSSR count). The minimum Gasteiger partial charge on any atom is -0.297 e. The van der Waals surface area contributed by atoms with Gasteiger partial charge in [-0.1, -0.05) is 36.4 Å². The van der Waals surface area contributed by atoms with Crippen molar-refractivity contribution in [2.75, 3.05) is 26.2 Å². The van der Waals surface area contributed by atoms with Crippen LogP contribution in [0.3, 0.4) is 0 Å². The summed E-state index contributed by atoms with van der Waals surface area (Å²) in [5.74, 6) is 0. The number of hydrogen-bond donors (Lipinski definition) is 0. The van der Waals surface area contributed by atoms with Crippen molar-refractivity contribution in [3.63, 3.8) is 0 Å². The minimum atomic E-state index is 0.723. The summed E-state index contributed by atoms with van der Waals surface area (Å²) < 4.78 is 0. The van der Waals surface area contributed by atoms with Crippen LogP contribution >= 0.6 is 0 Å². The molecule has 0 saturated carbocycles. The molecule has 3 aromatic rings. The first-order chi connectivity index (χ1) is 12.8. The number of pyridine rings is 1. The summed E-state index contributed by atoms with van der Waals surface area (Å²) in [7, 11) is 0. The van der Waals surface area contributed by atoms with Crippen molar-refractivity contribution in [3.8, 4) is 6.07 Å². The summed E-state index contributed by atoms with van der Waals surface area (Å²) in [5.41, 5.74) is 3.16. The smallest absolute Gasteiger partial charge is 0.0991 e. The summed E-state index contributed by atoms with van der Waals surface area (Å²) >= 11 is 0. The fourth-order valence-corrected chi connectivity index (χ4v) is 3.57. The van der Waals surface area contributed by atoms with E-state index in [1.54, 1.807) is 0 Å². The third kappa shape index (κ3) is 3.75. The zero-order valence-electron chi connectivity index (χ0n) is 14.8. The molecular formula is C22H22N4. The van der Waals surface area contributed by atoms with E-state index in [1.807, 2.05) is 18.3 Å². The molecule has 2 heterocycles. The molecular weight excluding hydrogens is 320 g/mol. The first-order valence-electron chi connectivity index (χ1n) is 9.08. The van der Waals surface area contributed by atoms with Gasteiger partial charge in [-0.25, -0.2) is 0 Å². The van der Waals surface area contributed by atoms with E-state index < -0.39 is 0 Å². The molecule has 0 spiro atoms. The van der Waals surface area contributed by atoms with Crippen LogP contribution < -0.4 is 0 Å². The van der Waals surface area contributed by atoms with Gasteiger partial charge in [0.15, 0.2) is 0 Å². The molecule has 0 N–H and O–H groups in total. The van der Waals surface area contributed by atoms with Gasteiger partial charge in [0.05, 0.1) is 17.3 Å². The first kappa shape index (κ1) is 16.7. The second-order valence-corrected chi connectivity index (χ2v) is 6.84. The summed E-state index contributed by atoms with van der Waals surface area (Å²) in [6.45, 7) is 6.09. The van der Waals surface area contributed by atoms with Crippen LogP contribution in [-0.4, -0.2) is 41.0 Å². The zero-order valence-corrected chi connectivity index (χ0v) is 14.8. The number of hydrogen-bond acceptors (Lipinski definition) is 4. The lowest BCUT2D eigenvalue weighted by Crippen LogP contribution is -2.45. The van der Waals surface area contributed by atoms with Gasteiger partial charge in [0.25, 0.3) is 0 Å². The molecule has 4 heteroatoms. The van der Waals surface area contributed by atoms with Crippen molar-refractivity contribution in [1.29, 1.82) is 5.26 Å². The van der Waals surface area contributed by atoms with Gasteiger partial charge in [-0.05, 0) is 29.1 Å². The lowest BCUT2D eigenvalue weighted by Gasteiger charge is -2.34. The predicted octanol–water partition coefficient (Wildman–Crippen LogP) is 3.42. The van der Waals surface area contributed by atoms with E-state index in [4.69, 9.17) is 5.26 Å². The van der Waals surface area contributed by atoms with E-state index in [1.165, 1.54) is 22.0 Å². The van der Waals surface area contributed by atoms with E-state index in [0.717, 1.165) is 44.8 Å². The Hall–Kier alpha value is -2.74. The van der Waals surface area contributed by atoms with Crippen LogP contribution in [0.2, 0.25) is 0 Å². The predicted molar refractivity (Wildman–Crippen MR) is 103 cm³/mol. The topological polar surface area (TPSA) is 43.2 Å². The van der Waals surface area contributed by atoms with Crippen molar-refractivity contribution in [1.82, 2.24) is 14.8 Å². The third-order valence-electron chi connectivity index (χ3n) is 5.08. The highest BCUT2D eigenvalue weighted by Gasteiger charge is 2.18. The Balaban J connectivity index is 1.35. The van der Waals surface area contributed by atoms with Gasteiger partial charge < -0.3 is 0 Å². The summed E-state index contributed by atoms with van der Waals surface area (Å²) in [4.78, 5) is 9.59. The Morgan fingerprint density at radius 1 is 0.846 bits per heavy atom. The van der Waals surface area contributed by atoms with Gasteiger partial charge in [0.2, 0.25) is 0 Å². The SMILES string of the molecule is N#Cc1ccc(CN2CCN(Cc3nccc4ccccc34)CC2)cc1. The number of nitriles is 1. The summed E-state index contributed by atoms with van der Waals surface area (Å²) in [5, 5.41) is 11.4. The normalized spacial score (nSPS) is 15.8. The van der Waals surface area contributed by atoms with Gasteiger partial charge >= 0.3 is 0 Å². The van der Waals surface area contributed by atoms with E-state index in [9.17, 15) is 0 Å². The van der Waals surface area contributed by atoms with E-state index in [0.29, 0.717) is 0 Å². The lowest BCUT2D eigenvalue weighted by molar-refractivity contribution is 0.121. The number of piperazine rings is 1. The highest BCUT2D eigenvalue weighted by atomic mass is 15.3. The average Bonchev–Trinajstić information content (AvgIpc) is 2.70. The maximum atomic E-state index is 8.90. The number of fused-ring (bicyclic) bond motifs is 1. The van der Waals surface area contributed by atoms with Crippen LogP contribution in [0.4, 0.5) is 0 Å². The molecule has 26 heavy (non-hydrogen) atoms. The van der Waals surface area contributed by atoms with Gasteiger partial charge in [0.1, 0.15) is 0 Å². The largest absolute Gasteiger partial charge is 0.297 e. The van der Waals surface area contributed by atoms with Crippen LogP contribution in [0.1, 0.15) is 16.8 Å².